The molecule has 2 unspecified atom stereocenters. The quantitative estimate of drug-likeness (QED) is 0.774. The van der Waals surface area contributed by atoms with E-state index in [1.165, 1.54) is 11.3 Å². The van der Waals surface area contributed by atoms with Gasteiger partial charge in [0.15, 0.2) is 0 Å². The first-order chi connectivity index (χ1) is 7.08. The molecule has 0 radical (unpaired) electrons. The maximum atomic E-state index is 12.0. The topological polar surface area (TPSA) is 26.3 Å². The first-order valence-electron chi connectivity index (χ1n) is 4.72. The summed E-state index contributed by atoms with van der Waals surface area (Å²) in [6.07, 6.45) is 1.68. The van der Waals surface area contributed by atoms with Crippen LogP contribution in [0.25, 0.3) is 0 Å². The molecular formula is C10H10BrClO2S. The normalized spacial score (nSPS) is 25.8. The highest BCUT2D eigenvalue weighted by Gasteiger charge is 2.30. The molecule has 0 aliphatic carbocycles. The Morgan fingerprint density at radius 2 is 2.40 bits per heavy atom. The van der Waals surface area contributed by atoms with Crippen LogP contribution in [0.4, 0.5) is 0 Å². The second-order valence-electron chi connectivity index (χ2n) is 3.61. The van der Waals surface area contributed by atoms with E-state index in [0.717, 1.165) is 17.3 Å². The summed E-state index contributed by atoms with van der Waals surface area (Å²) in [4.78, 5) is 12.6. The molecule has 1 aliphatic heterocycles. The van der Waals surface area contributed by atoms with Crippen molar-refractivity contribution in [1.82, 2.24) is 0 Å². The summed E-state index contributed by atoms with van der Waals surface area (Å²) in [6, 6.07) is 1.77. The number of halogens is 2. The number of ketones is 1. The molecule has 0 saturated carbocycles. The zero-order valence-corrected chi connectivity index (χ0v) is 11.3. The van der Waals surface area contributed by atoms with Crippen molar-refractivity contribution >= 4 is 44.7 Å². The minimum atomic E-state index is -0.276. The van der Waals surface area contributed by atoms with Crippen LogP contribution in [0, 0.1) is 0 Å². The molecular weight excluding hydrogens is 300 g/mol. The van der Waals surface area contributed by atoms with E-state index < -0.39 is 0 Å². The van der Waals surface area contributed by atoms with Crippen LogP contribution in [-0.2, 0) is 4.74 Å². The van der Waals surface area contributed by atoms with Crippen LogP contribution in [-0.4, -0.2) is 18.0 Å². The Kier molecular flexibility index (Phi) is 3.50. The maximum Gasteiger partial charge on any atom is 0.201 e. The van der Waals surface area contributed by atoms with Crippen molar-refractivity contribution in [2.24, 2.45) is 0 Å². The van der Waals surface area contributed by atoms with Crippen molar-refractivity contribution in [3.8, 4) is 0 Å². The Labute approximate surface area is 106 Å². The van der Waals surface area contributed by atoms with E-state index in [-0.39, 0.29) is 18.0 Å². The van der Waals surface area contributed by atoms with Gasteiger partial charge in [0.1, 0.15) is 10.4 Å². The number of carbonyl (C=O) groups excluding carboxylic acids is 1. The molecule has 1 saturated heterocycles. The van der Waals surface area contributed by atoms with Gasteiger partial charge in [-0.2, -0.15) is 0 Å². The fourth-order valence-corrected chi connectivity index (χ4v) is 3.31. The molecule has 0 aromatic carbocycles. The first-order valence-corrected chi connectivity index (χ1v) is 6.71. The van der Waals surface area contributed by atoms with E-state index in [1.807, 2.05) is 6.92 Å². The number of hydrogen-bond donors (Lipinski definition) is 0. The summed E-state index contributed by atoms with van der Waals surface area (Å²) in [5, 5.41) is 0. The molecule has 2 heterocycles. The van der Waals surface area contributed by atoms with Gasteiger partial charge >= 0.3 is 0 Å². The number of carbonyl (C=O) groups is 1. The van der Waals surface area contributed by atoms with E-state index in [9.17, 15) is 4.79 Å². The standard InChI is InChI=1S/C10H10BrClO2S/c1-5-2-3-7(14-5)9(13)8-4-6(11)10(12)15-8/h4-5,7H,2-3H2,1H3. The van der Waals surface area contributed by atoms with E-state index in [0.29, 0.717) is 9.21 Å². The third kappa shape index (κ3) is 2.44. The van der Waals surface area contributed by atoms with Crippen LogP contribution in [0.1, 0.15) is 29.4 Å². The van der Waals surface area contributed by atoms with Crippen LogP contribution in [0.15, 0.2) is 10.5 Å². The van der Waals surface area contributed by atoms with Crippen LogP contribution < -0.4 is 0 Å². The predicted molar refractivity (Wildman–Crippen MR) is 64.9 cm³/mol. The number of ether oxygens (including phenoxy) is 1. The zero-order valence-electron chi connectivity index (χ0n) is 8.13. The van der Waals surface area contributed by atoms with Crippen molar-refractivity contribution in [2.45, 2.75) is 32.0 Å². The molecule has 5 heteroatoms. The van der Waals surface area contributed by atoms with Gasteiger partial charge in [0.25, 0.3) is 0 Å². The molecule has 2 nitrogen and oxygen atoms in total. The van der Waals surface area contributed by atoms with Crippen LogP contribution in [0.3, 0.4) is 0 Å². The lowest BCUT2D eigenvalue weighted by molar-refractivity contribution is 0.0437. The highest BCUT2D eigenvalue weighted by molar-refractivity contribution is 9.10. The molecule has 0 N–H and O–H groups in total. The van der Waals surface area contributed by atoms with Crippen LogP contribution in [0.2, 0.25) is 4.34 Å². The van der Waals surface area contributed by atoms with Crippen LogP contribution >= 0.6 is 38.9 Å². The average Bonchev–Trinajstić information content (AvgIpc) is 2.74. The number of thiophene rings is 1. The largest absolute Gasteiger partial charge is 0.367 e. The fraction of sp³-hybridized carbons (Fsp3) is 0.500. The molecule has 82 valence electrons. The van der Waals surface area contributed by atoms with Crippen molar-refractivity contribution in [3.63, 3.8) is 0 Å². The monoisotopic (exact) mass is 308 g/mol. The Morgan fingerprint density at radius 1 is 1.67 bits per heavy atom. The molecule has 0 bridgehead atoms. The third-order valence-corrected chi connectivity index (χ3v) is 4.90. The molecule has 0 spiro atoms. The fourth-order valence-electron chi connectivity index (χ4n) is 1.62. The third-order valence-electron chi connectivity index (χ3n) is 2.41. The number of hydrogen-bond acceptors (Lipinski definition) is 3. The van der Waals surface area contributed by atoms with Gasteiger partial charge in [-0.15, -0.1) is 11.3 Å². The summed E-state index contributed by atoms with van der Waals surface area (Å²) in [6.45, 7) is 1.99. The van der Waals surface area contributed by atoms with Gasteiger partial charge in [0.2, 0.25) is 5.78 Å². The summed E-state index contributed by atoms with van der Waals surface area (Å²) < 4.78 is 6.92. The van der Waals surface area contributed by atoms with Gasteiger partial charge in [-0.25, -0.2) is 0 Å². The van der Waals surface area contributed by atoms with Crippen molar-refractivity contribution in [2.75, 3.05) is 0 Å². The lowest BCUT2D eigenvalue weighted by atomic mass is 10.1. The van der Waals surface area contributed by atoms with E-state index in [1.54, 1.807) is 6.07 Å². The molecule has 0 amide bonds. The lowest BCUT2D eigenvalue weighted by Gasteiger charge is -2.07. The van der Waals surface area contributed by atoms with Crippen molar-refractivity contribution in [3.05, 3.63) is 19.8 Å². The predicted octanol–water partition coefficient (Wildman–Crippen LogP) is 3.91. The Morgan fingerprint density at radius 3 is 2.87 bits per heavy atom. The maximum absolute atomic E-state index is 12.0. The highest BCUT2D eigenvalue weighted by atomic mass is 79.9. The molecule has 1 aromatic rings. The number of rotatable bonds is 2. The van der Waals surface area contributed by atoms with Gasteiger partial charge in [-0.1, -0.05) is 11.6 Å². The second kappa shape index (κ2) is 4.53. The molecule has 1 aromatic heterocycles. The molecule has 1 fully saturated rings. The average molecular weight is 310 g/mol. The molecule has 2 rings (SSSR count). The van der Waals surface area contributed by atoms with Gasteiger partial charge in [-0.3, -0.25) is 4.79 Å². The summed E-state index contributed by atoms with van der Waals surface area (Å²) in [7, 11) is 0. The van der Waals surface area contributed by atoms with Gasteiger partial charge < -0.3 is 4.74 Å². The minimum Gasteiger partial charge on any atom is -0.367 e. The SMILES string of the molecule is CC1CCC(C(=O)c2cc(Br)c(Cl)s2)O1. The van der Waals surface area contributed by atoms with E-state index >= 15 is 0 Å². The molecule has 15 heavy (non-hydrogen) atoms. The summed E-state index contributed by atoms with van der Waals surface area (Å²) in [5.41, 5.74) is 0. The van der Waals surface area contributed by atoms with Crippen molar-refractivity contribution < 1.29 is 9.53 Å². The van der Waals surface area contributed by atoms with E-state index in [4.69, 9.17) is 16.3 Å². The molecule has 2 atom stereocenters. The number of Topliss-reactive ketones (excluding diaryl/α,β-unsaturated/α-hetero) is 1. The Bertz CT molecular complexity index is 371. The van der Waals surface area contributed by atoms with Gasteiger partial charge in [0.05, 0.1) is 11.0 Å². The first kappa shape index (κ1) is 11.6. The summed E-state index contributed by atoms with van der Waals surface area (Å²) >= 11 is 10.5. The second-order valence-corrected chi connectivity index (χ2v) is 6.12. The van der Waals surface area contributed by atoms with Crippen molar-refractivity contribution in [1.29, 1.82) is 0 Å². The lowest BCUT2D eigenvalue weighted by Crippen LogP contribution is -2.19. The molecule has 1 aliphatic rings. The zero-order chi connectivity index (χ0) is 11.0. The smallest absolute Gasteiger partial charge is 0.201 e. The minimum absolute atomic E-state index is 0.0527. The highest BCUT2D eigenvalue weighted by Crippen LogP contribution is 2.34. The van der Waals surface area contributed by atoms with Crippen LogP contribution in [0.5, 0.6) is 0 Å². The summed E-state index contributed by atoms with van der Waals surface area (Å²) in [5.74, 6) is 0.0527. The Balaban J connectivity index is 2.14. The van der Waals surface area contributed by atoms with Gasteiger partial charge in [-0.05, 0) is 41.8 Å². The van der Waals surface area contributed by atoms with E-state index in [2.05, 4.69) is 15.9 Å². The van der Waals surface area contributed by atoms with Gasteiger partial charge in [0, 0.05) is 4.47 Å². The Hall–Kier alpha value is 0.1000.